The highest BCUT2D eigenvalue weighted by molar-refractivity contribution is 8.00. The van der Waals surface area contributed by atoms with E-state index in [0.717, 1.165) is 17.0 Å². The lowest BCUT2D eigenvalue weighted by Crippen LogP contribution is -2.71. The number of carboxylic acid groups (broad SMARTS) is 1. The molecule has 2 N–H and O–H groups in total. The second-order valence-electron chi connectivity index (χ2n) is 6.56. The molecule has 0 aromatic heterocycles. The van der Waals surface area contributed by atoms with E-state index < -0.39 is 46.4 Å². The molecule has 2 heterocycles. The highest BCUT2D eigenvalue weighted by Gasteiger charge is 2.55. The van der Waals surface area contributed by atoms with E-state index in [0.29, 0.717) is 11.1 Å². The average molecular weight is 430 g/mol. The number of amides is 2. The van der Waals surface area contributed by atoms with Gasteiger partial charge in [-0.1, -0.05) is 23.9 Å². The number of nitrogens with one attached hydrogen (secondary N) is 1. The van der Waals surface area contributed by atoms with Crippen LogP contribution in [0.5, 0.6) is 0 Å². The zero-order valence-corrected chi connectivity index (χ0v) is 16.1. The second-order valence-corrected chi connectivity index (χ2v) is 7.74. The number of hydrogen-bond acceptors (Lipinski definition) is 5. The normalized spacial score (nSPS) is 24.1. The van der Waals surface area contributed by atoms with Crippen LogP contribution in [0.2, 0.25) is 0 Å². The Bertz CT molecular complexity index is 884. The van der Waals surface area contributed by atoms with Crippen molar-refractivity contribution >= 4 is 29.5 Å². The van der Waals surface area contributed by atoms with Gasteiger partial charge in [-0.3, -0.25) is 14.5 Å². The summed E-state index contributed by atoms with van der Waals surface area (Å²) >= 11 is 1.20. The molecule has 2 aliphatic heterocycles. The maximum Gasteiger partial charge on any atom is 0.416 e. The first kappa shape index (κ1) is 21.2. The zero-order chi connectivity index (χ0) is 21.5. The molecule has 29 heavy (non-hydrogen) atoms. The molecule has 0 radical (unpaired) electrons. The molecular weight excluding hydrogens is 413 g/mol. The smallest absolute Gasteiger partial charge is 0.416 e. The fraction of sp³-hybridized carbons (Fsp3) is 0.389. The molecule has 0 bridgehead atoms. The third-order valence-electron chi connectivity index (χ3n) is 4.65. The van der Waals surface area contributed by atoms with Crippen molar-refractivity contribution in [1.29, 1.82) is 0 Å². The van der Waals surface area contributed by atoms with Crippen molar-refractivity contribution in [2.45, 2.75) is 36.4 Å². The van der Waals surface area contributed by atoms with Gasteiger partial charge in [0, 0.05) is 7.11 Å². The molecule has 2 aliphatic rings. The molecule has 3 rings (SSSR count). The van der Waals surface area contributed by atoms with Gasteiger partial charge in [0.05, 0.1) is 12.0 Å². The number of carbonyl (C=O) groups is 3. The molecule has 1 aromatic rings. The Morgan fingerprint density at radius 2 is 1.90 bits per heavy atom. The number of fused-ring (bicyclic) bond motifs is 1. The van der Waals surface area contributed by atoms with Crippen molar-refractivity contribution in [1.82, 2.24) is 10.2 Å². The van der Waals surface area contributed by atoms with E-state index in [1.165, 1.54) is 31.0 Å². The van der Waals surface area contributed by atoms with Gasteiger partial charge >= 0.3 is 12.1 Å². The number of hydrogen-bond donors (Lipinski definition) is 2. The van der Waals surface area contributed by atoms with E-state index in [1.54, 1.807) is 6.92 Å². The quantitative estimate of drug-likeness (QED) is 0.694. The predicted octanol–water partition coefficient (Wildman–Crippen LogP) is 1.98. The van der Waals surface area contributed by atoms with Gasteiger partial charge in [0.25, 0.3) is 5.91 Å². The first-order valence-electron chi connectivity index (χ1n) is 8.45. The van der Waals surface area contributed by atoms with E-state index in [2.05, 4.69) is 5.32 Å². The molecule has 0 saturated carbocycles. The fourth-order valence-electron chi connectivity index (χ4n) is 3.23. The first-order valence-corrected chi connectivity index (χ1v) is 9.39. The standard InChI is InChI=1S/C18H17F3N2O5S/c1-8-13(16(26)27)23-14(25)12(15(23)29-17(8)28-2)22-11(24)7-9-3-5-10(6-4-9)18(19,20)21/h3-6,12,15,17H,7H2,1-2H3,(H,22,24)(H,26,27)/t12-,15-,17-/m0/s1. The van der Waals surface area contributed by atoms with Crippen molar-refractivity contribution in [2.75, 3.05) is 7.11 Å². The number of thioether (sulfide) groups is 1. The third kappa shape index (κ3) is 3.97. The molecule has 1 saturated heterocycles. The van der Waals surface area contributed by atoms with Crippen LogP contribution in [0.15, 0.2) is 35.5 Å². The van der Waals surface area contributed by atoms with Crippen LogP contribution in [-0.2, 0) is 31.7 Å². The molecule has 0 unspecified atom stereocenters. The number of β-lactam (4-membered cyclic amide) rings is 1. The van der Waals surface area contributed by atoms with Crippen molar-refractivity contribution < 1.29 is 37.4 Å². The summed E-state index contributed by atoms with van der Waals surface area (Å²) in [7, 11) is 1.41. The van der Waals surface area contributed by atoms with Gasteiger partial charge in [0.1, 0.15) is 22.5 Å². The predicted molar refractivity (Wildman–Crippen MR) is 96.4 cm³/mol. The minimum Gasteiger partial charge on any atom is -0.477 e. The van der Waals surface area contributed by atoms with E-state index in [4.69, 9.17) is 4.74 Å². The number of ether oxygens (including phenoxy) is 1. The van der Waals surface area contributed by atoms with Crippen LogP contribution in [0.25, 0.3) is 0 Å². The van der Waals surface area contributed by atoms with Crippen LogP contribution in [0, 0.1) is 0 Å². The third-order valence-corrected chi connectivity index (χ3v) is 6.21. The average Bonchev–Trinajstić information content (AvgIpc) is 2.65. The van der Waals surface area contributed by atoms with Gasteiger partial charge in [-0.25, -0.2) is 4.79 Å². The van der Waals surface area contributed by atoms with E-state index >= 15 is 0 Å². The topological polar surface area (TPSA) is 95.9 Å². The summed E-state index contributed by atoms with van der Waals surface area (Å²) in [5.41, 5.74) is -0.820. The van der Waals surface area contributed by atoms with Gasteiger partial charge in [-0.05, 0) is 30.2 Å². The Kier molecular flexibility index (Phi) is 5.63. The Hall–Kier alpha value is -2.53. The number of carbonyl (C=O) groups excluding carboxylic acids is 2. The van der Waals surface area contributed by atoms with Crippen molar-refractivity contribution in [3.8, 4) is 0 Å². The number of halogens is 3. The maximum absolute atomic E-state index is 12.6. The number of methoxy groups -OCH3 is 1. The van der Waals surface area contributed by atoms with Crippen LogP contribution in [0.3, 0.4) is 0 Å². The molecule has 7 nitrogen and oxygen atoms in total. The number of alkyl halides is 3. The summed E-state index contributed by atoms with van der Waals surface area (Å²) in [6.45, 7) is 1.56. The number of aliphatic carboxylic acids is 1. The number of carboxylic acids is 1. The van der Waals surface area contributed by atoms with Gasteiger partial charge in [0.2, 0.25) is 5.91 Å². The highest BCUT2D eigenvalue weighted by atomic mass is 32.2. The first-order chi connectivity index (χ1) is 13.5. The van der Waals surface area contributed by atoms with E-state index in [-0.39, 0.29) is 12.1 Å². The van der Waals surface area contributed by atoms with Gasteiger partial charge < -0.3 is 15.2 Å². The fourth-order valence-corrected chi connectivity index (χ4v) is 4.58. The Balaban J connectivity index is 1.68. The largest absolute Gasteiger partial charge is 0.477 e. The van der Waals surface area contributed by atoms with Gasteiger partial charge in [-0.15, -0.1) is 0 Å². The summed E-state index contributed by atoms with van der Waals surface area (Å²) in [6, 6.07) is 3.21. The Labute approximate surface area is 167 Å². The summed E-state index contributed by atoms with van der Waals surface area (Å²) in [5, 5.41) is 11.3. The monoisotopic (exact) mass is 430 g/mol. The van der Waals surface area contributed by atoms with Gasteiger partial charge in [-0.2, -0.15) is 13.2 Å². The summed E-state index contributed by atoms with van der Waals surface area (Å²) < 4.78 is 43.1. The van der Waals surface area contributed by atoms with Crippen LogP contribution in [0.1, 0.15) is 18.1 Å². The van der Waals surface area contributed by atoms with E-state index in [9.17, 15) is 32.7 Å². The molecule has 156 valence electrons. The molecule has 1 aromatic carbocycles. The van der Waals surface area contributed by atoms with Crippen molar-refractivity contribution in [3.05, 3.63) is 46.7 Å². The van der Waals surface area contributed by atoms with Crippen LogP contribution in [0.4, 0.5) is 13.2 Å². The SMILES string of the molecule is CO[C@H]1S[C@H]2[C@@H](NC(=O)Cc3ccc(C(F)(F)F)cc3)C(=O)N2C(C(=O)O)=C1C. The molecule has 2 amide bonds. The lowest BCUT2D eigenvalue weighted by Gasteiger charge is -2.50. The number of benzene rings is 1. The summed E-state index contributed by atoms with van der Waals surface area (Å²) in [5.74, 6) is -2.38. The summed E-state index contributed by atoms with van der Waals surface area (Å²) in [6.07, 6.45) is -4.68. The number of rotatable bonds is 5. The second kappa shape index (κ2) is 7.71. The molecule has 0 spiro atoms. The number of nitrogens with zero attached hydrogens (tertiary/aromatic N) is 1. The van der Waals surface area contributed by atoms with Crippen molar-refractivity contribution in [2.24, 2.45) is 0 Å². The van der Waals surface area contributed by atoms with Crippen LogP contribution in [-0.4, -0.2) is 51.8 Å². The zero-order valence-electron chi connectivity index (χ0n) is 15.3. The maximum atomic E-state index is 12.6. The minimum atomic E-state index is -4.47. The van der Waals surface area contributed by atoms with Crippen LogP contribution >= 0.6 is 11.8 Å². The van der Waals surface area contributed by atoms with Gasteiger partial charge in [0.15, 0.2) is 0 Å². The van der Waals surface area contributed by atoms with Crippen LogP contribution < -0.4 is 5.32 Å². The van der Waals surface area contributed by atoms with E-state index in [1.807, 2.05) is 0 Å². The summed E-state index contributed by atoms with van der Waals surface area (Å²) in [4.78, 5) is 37.4. The van der Waals surface area contributed by atoms with Crippen molar-refractivity contribution in [3.63, 3.8) is 0 Å². The lowest BCUT2D eigenvalue weighted by molar-refractivity contribution is -0.151. The minimum absolute atomic E-state index is 0.168. The Morgan fingerprint density at radius 1 is 1.28 bits per heavy atom. The Morgan fingerprint density at radius 3 is 2.41 bits per heavy atom. The highest BCUT2D eigenvalue weighted by Crippen LogP contribution is 2.44. The lowest BCUT2D eigenvalue weighted by atomic mass is 10.0. The molecule has 1 fully saturated rings. The molecule has 3 atom stereocenters. The molecule has 0 aliphatic carbocycles. The molecular formula is C18H17F3N2O5S. The molecule has 11 heteroatoms.